The molecule has 3 unspecified atom stereocenters. The quantitative estimate of drug-likeness (QED) is 0.663. The lowest BCUT2D eigenvalue weighted by atomic mass is 9.78. The van der Waals surface area contributed by atoms with Crippen molar-refractivity contribution >= 4 is 11.8 Å². The second-order valence-corrected chi connectivity index (χ2v) is 9.49. The molecule has 2 aromatic carbocycles. The van der Waals surface area contributed by atoms with Crippen molar-refractivity contribution in [3.05, 3.63) is 71.8 Å². The molecule has 0 radical (unpaired) electrons. The lowest BCUT2D eigenvalue weighted by molar-refractivity contribution is -0.172. The van der Waals surface area contributed by atoms with Gasteiger partial charge in [-0.3, -0.25) is 14.5 Å². The van der Waals surface area contributed by atoms with Gasteiger partial charge in [0, 0.05) is 19.0 Å². The first kappa shape index (κ1) is 21.6. The molecule has 0 saturated carbocycles. The highest BCUT2D eigenvalue weighted by Crippen LogP contribution is 2.56. The average molecular weight is 427 g/mol. The highest BCUT2D eigenvalue weighted by molar-refractivity contribution is 5.98. The number of hydrogen-bond donors (Lipinski definition) is 0. The van der Waals surface area contributed by atoms with Crippen molar-refractivity contribution in [3.63, 3.8) is 0 Å². The molecule has 2 aromatic rings. The van der Waals surface area contributed by atoms with Gasteiger partial charge in [-0.2, -0.15) is 8.78 Å². The Labute approximate surface area is 181 Å². The van der Waals surface area contributed by atoms with E-state index in [1.807, 2.05) is 35.2 Å². The number of esters is 1. The molecular weight excluding hydrogens is 400 g/mol. The summed E-state index contributed by atoms with van der Waals surface area (Å²) in [7, 11) is 0. The van der Waals surface area contributed by atoms with Crippen LogP contribution in [0.3, 0.4) is 0 Å². The number of carbonyl (C=O) groups is 2. The number of halogens is 2. The Morgan fingerprint density at radius 3 is 2.19 bits per heavy atom. The zero-order valence-electron chi connectivity index (χ0n) is 18.0. The van der Waals surface area contributed by atoms with Crippen LogP contribution in [0.25, 0.3) is 0 Å². The molecule has 4 rings (SSSR count). The number of hydrogen-bond acceptors (Lipinski definition) is 4. The van der Waals surface area contributed by atoms with Gasteiger partial charge < -0.3 is 4.74 Å². The third-order valence-corrected chi connectivity index (χ3v) is 6.20. The molecular formula is C25H27F2NO3. The Bertz CT molecular complexity index is 971. The molecule has 0 N–H and O–H groups in total. The van der Waals surface area contributed by atoms with Gasteiger partial charge in [0.05, 0.1) is 5.92 Å². The van der Waals surface area contributed by atoms with Crippen LogP contribution in [0.4, 0.5) is 8.78 Å². The summed E-state index contributed by atoms with van der Waals surface area (Å²) in [5, 5.41) is 0. The third kappa shape index (κ3) is 3.78. The maximum atomic E-state index is 15.0. The van der Waals surface area contributed by atoms with Crippen LogP contribution >= 0.6 is 0 Å². The molecule has 2 saturated heterocycles. The van der Waals surface area contributed by atoms with Crippen molar-refractivity contribution < 1.29 is 23.1 Å². The molecule has 2 fully saturated rings. The number of fused-ring (bicyclic) bond motifs is 2. The van der Waals surface area contributed by atoms with E-state index in [0.717, 1.165) is 5.56 Å². The molecule has 2 bridgehead atoms. The van der Waals surface area contributed by atoms with Crippen LogP contribution in [0.5, 0.6) is 0 Å². The highest BCUT2D eigenvalue weighted by Gasteiger charge is 2.69. The molecule has 164 valence electrons. The van der Waals surface area contributed by atoms with Gasteiger partial charge in [0.25, 0.3) is 0 Å². The van der Waals surface area contributed by atoms with E-state index in [4.69, 9.17) is 4.74 Å². The normalized spacial score (nSPS) is 27.8. The fourth-order valence-electron chi connectivity index (χ4n) is 4.98. The van der Waals surface area contributed by atoms with Crippen molar-refractivity contribution in [2.45, 2.75) is 63.3 Å². The number of ketones is 1. The molecule has 2 aliphatic heterocycles. The summed E-state index contributed by atoms with van der Waals surface area (Å²) < 4.78 is 35.6. The monoisotopic (exact) mass is 427 g/mol. The summed E-state index contributed by atoms with van der Waals surface area (Å²) >= 11 is 0. The van der Waals surface area contributed by atoms with Crippen LogP contribution in [-0.4, -0.2) is 34.2 Å². The highest BCUT2D eigenvalue weighted by atomic mass is 19.3. The first-order chi connectivity index (χ1) is 14.5. The largest absolute Gasteiger partial charge is 0.460 e. The Hall–Kier alpha value is -2.60. The summed E-state index contributed by atoms with van der Waals surface area (Å²) in [5.41, 5.74) is -0.933. The van der Waals surface area contributed by atoms with E-state index in [2.05, 4.69) is 0 Å². The number of rotatable bonds is 4. The zero-order chi connectivity index (χ0) is 22.4. The SMILES string of the molecule is CC(C)(C)OC(=O)C1CC2(c3ccccc3)C(=O)C(F)(F)CC1N2Cc1ccccc1. The number of ether oxygens (including phenoxy) is 1. The van der Waals surface area contributed by atoms with Gasteiger partial charge in [-0.05, 0) is 38.3 Å². The van der Waals surface area contributed by atoms with Crippen molar-refractivity contribution in [1.29, 1.82) is 0 Å². The number of Topliss-reactive ketones (excluding diaryl/α,β-unsaturated/α-hetero) is 1. The lowest BCUT2D eigenvalue weighted by Gasteiger charge is -2.46. The van der Waals surface area contributed by atoms with Gasteiger partial charge in [-0.15, -0.1) is 0 Å². The average Bonchev–Trinajstić information content (AvgIpc) is 2.97. The fourth-order valence-corrected chi connectivity index (χ4v) is 4.98. The van der Waals surface area contributed by atoms with Gasteiger partial charge in [0.1, 0.15) is 11.1 Å². The maximum Gasteiger partial charge on any atom is 0.311 e. The van der Waals surface area contributed by atoms with E-state index in [-0.39, 0.29) is 6.42 Å². The zero-order valence-corrected chi connectivity index (χ0v) is 18.0. The number of piperidine rings is 1. The van der Waals surface area contributed by atoms with Gasteiger partial charge in [-0.1, -0.05) is 60.7 Å². The first-order valence-corrected chi connectivity index (χ1v) is 10.6. The van der Waals surface area contributed by atoms with E-state index >= 15 is 8.78 Å². The summed E-state index contributed by atoms with van der Waals surface area (Å²) in [4.78, 5) is 28.2. The minimum atomic E-state index is -3.51. The van der Waals surface area contributed by atoms with Crippen LogP contribution < -0.4 is 0 Å². The van der Waals surface area contributed by atoms with Crippen molar-refractivity contribution in [2.75, 3.05) is 0 Å². The maximum absolute atomic E-state index is 15.0. The predicted octanol–water partition coefficient (Wildman–Crippen LogP) is 4.72. The minimum Gasteiger partial charge on any atom is -0.460 e. The van der Waals surface area contributed by atoms with Gasteiger partial charge in [-0.25, -0.2) is 0 Å². The Balaban J connectivity index is 1.85. The van der Waals surface area contributed by atoms with Gasteiger partial charge in [0.2, 0.25) is 5.78 Å². The third-order valence-electron chi connectivity index (χ3n) is 6.20. The second-order valence-electron chi connectivity index (χ2n) is 9.49. The van der Waals surface area contributed by atoms with Crippen LogP contribution in [0.2, 0.25) is 0 Å². The van der Waals surface area contributed by atoms with E-state index in [1.54, 1.807) is 51.1 Å². The van der Waals surface area contributed by atoms with E-state index in [9.17, 15) is 9.59 Å². The number of carbonyl (C=O) groups excluding carboxylic acids is 2. The topological polar surface area (TPSA) is 46.6 Å². The molecule has 6 heteroatoms. The number of alkyl halides is 2. The standard InChI is InChI=1S/C25H27F2NO3/c1-23(2,3)31-21(29)19-14-24(18-12-8-5-9-13-18)22(30)25(26,27)15-20(19)28(24)16-17-10-6-4-7-11-17/h4-13,19-20H,14-16H2,1-3H3. The van der Waals surface area contributed by atoms with Crippen LogP contribution in [0.15, 0.2) is 60.7 Å². The van der Waals surface area contributed by atoms with Crippen molar-refractivity contribution in [1.82, 2.24) is 4.90 Å². The van der Waals surface area contributed by atoms with Crippen LogP contribution in [0.1, 0.15) is 44.7 Å². The molecule has 4 nitrogen and oxygen atoms in total. The van der Waals surface area contributed by atoms with Crippen molar-refractivity contribution in [2.24, 2.45) is 5.92 Å². The molecule has 31 heavy (non-hydrogen) atoms. The molecule has 3 atom stereocenters. The predicted molar refractivity (Wildman–Crippen MR) is 112 cm³/mol. The van der Waals surface area contributed by atoms with Crippen molar-refractivity contribution in [3.8, 4) is 0 Å². The van der Waals surface area contributed by atoms with E-state index in [1.165, 1.54) is 0 Å². The first-order valence-electron chi connectivity index (χ1n) is 10.6. The smallest absolute Gasteiger partial charge is 0.311 e. The Kier molecular flexibility index (Phi) is 5.24. The lowest BCUT2D eigenvalue weighted by Crippen LogP contribution is -2.61. The molecule has 0 aromatic heterocycles. The van der Waals surface area contributed by atoms with Gasteiger partial charge in [0.15, 0.2) is 0 Å². The Morgan fingerprint density at radius 2 is 1.61 bits per heavy atom. The molecule has 2 heterocycles. The number of benzene rings is 2. The molecule has 0 amide bonds. The van der Waals surface area contributed by atoms with E-state index < -0.39 is 47.2 Å². The van der Waals surface area contributed by atoms with Crippen LogP contribution in [0, 0.1) is 5.92 Å². The summed E-state index contributed by atoms with van der Waals surface area (Å²) in [6.45, 7) is 5.54. The molecule has 0 spiro atoms. The summed E-state index contributed by atoms with van der Waals surface area (Å²) in [6.07, 6.45) is -0.699. The fraction of sp³-hybridized carbons (Fsp3) is 0.440. The Morgan fingerprint density at radius 1 is 1.03 bits per heavy atom. The molecule has 2 aliphatic rings. The summed E-state index contributed by atoms with van der Waals surface area (Å²) in [5.74, 6) is -5.99. The summed E-state index contributed by atoms with van der Waals surface area (Å²) in [6, 6.07) is 17.3. The molecule has 0 aliphatic carbocycles. The van der Waals surface area contributed by atoms with Crippen LogP contribution in [-0.2, 0) is 26.4 Å². The second kappa shape index (κ2) is 7.52. The van der Waals surface area contributed by atoms with E-state index in [0.29, 0.717) is 12.1 Å². The number of nitrogens with zero attached hydrogens (tertiary/aromatic N) is 1. The minimum absolute atomic E-state index is 0.0160. The van der Waals surface area contributed by atoms with Gasteiger partial charge >= 0.3 is 11.9 Å².